The predicted octanol–water partition coefficient (Wildman–Crippen LogP) is 11.1. The minimum absolute atomic E-state index is 0.00958. The van der Waals surface area contributed by atoms with E-state index in [1.165, 1.54) is 64.9 Å². The third-order valence-electron chi connectivity index (χ3n) is 13.9. The molecule has 0 N–H and O–H groups in total. The largest absolute Gasteiger partial charge is 0.469 e. The number of fused-ring (bicyclic) bond motifs is 5. The molecule has 8 atom stereocenters. The Balaban J connectivity index is 1.09. The van der Waals surface area contributed by atoms with Gasteiger partial charge in [0.2, 0.25) is 0 Å². The molecule has 4 aliphatic carbocycles. The van der Waals surface area contributed by atoms with Crippen molar-refractivity contribution < 1.29 is 28.6 Å². The van der Waals surface area contributed by atoms with Crippen molar-refractivity contribution in [2.24, 2.45) is 46.3 Å². The smallest absolute Gasteiger partial charge is 0.333 e. The van der Waals surface area contributed by atoms with Gasteiger partial charge in [0.25, 0.3) is 0 Å². The quantitative estimate of drug-likeness (QED) is 0.0414. The van der Waals surface area contributed by atoms with E-state index >= 15 is 0 Å². The molecule has 0 saturated heterocycles. The Morgan fingerprint density at radius 1 is 0.840 bits per heavy atom. The van der Waals surface area contributed by atoms with Crippen molar-refractivity contribution in [2.75, 3.05) is 13.7 Å². The van der Waals surface area contributed by atoms with Crippen LogP contribution < -0.4 is 0 Å². The molecule has 4 aliphatic rings. The SMILES string of the molecule is C=C(CC(=O)OC)C(=O)OCCCCCCCCCCC(=O)O[C@H]1CC[C@@]2(C)C(=CC[C@H]3[C@@H]4CC[C@H]([C@H](C)CCCC(C)C)[C@@]4(C)CC[C@@H]32)C1. The van der Waals surface area contributed by atoms with E-state index in [-0.39, 0.29) is 24.1 Å². The third kappa shape index (κ3) is 10.5. The van der Waals surface area contributed by atoms with Crippen LogP contribution in [0.25, 0.3) is 0 Å². The van der Waals surface area contributed by atoms with Gasteiger partial charge in [0, 0.05) is 18.4 Å². The number of hydrogen-bond acceptors (Lipinski definition) is 6. The van der Waals surface area contributed by atoms with Crippen LogP contribution in [0.2, 0.25) is 0 Å². The number of carbonyl (C=O) groups is 3. The number of carbonyl (C=O) groups excluding carboxylic acids is 3. The number of hydrogen-bond donors (Lipinski definition) is 0. The molecule has 50 heavy (non-hydrogen) atoms. The summed E-state index contributed by atoms with van der Waals surface area (Å²) in [6, 6.07) is 0. The molecule has 0 spiro atoms. The molecule has 0 heterocycles. The number of methoxy groups -OCH3 is 1. The maximum Gasteiger partial charge on any atom is 0.333 e. The number of esters is 3. The Hall–Kier alpha value is -2.11. The normalized spacial score (nSPS) is 30.8. The standard InChI is InChI=1S/C44H72O6/c1-31(2)17-16-18-32(3)37-22-23-38-36-21-20-34-30-35(24-26-43(34,5)39(36)25-27-44(37,38)6)50-40(45)19-14-12-10-8-9-11-13-15-28-49-42(47)33(4)29-41(46)48-7/h20,31-32,35-39H,4,8-19,21-30H2,1-3,5-7H3/t32-,35+,36+,37-,38+,39+,43+,44-/m1/s1. The summed E-state index contributed by atoms with van der Waals surface area (Å²) in [7, 11) is 1.28. The van der Waals surface area contributed by atoms with Gasteiger partial charge in [0.1, 0.15) is 6.10 Å². The first kappa shape index (κ1) is 40.7. The Morgan fingerprint density at radius 2 is 1.54 bits per heavy atom. The number of allylic oxidation sites excluding steroid dienone is 1. The van der Waals surface area contributed by atoms with Gasteiger partial charge in [0.15, 0.2) is 0 Å². The molecule has 0 amide bonds. The molecule has 0 aromatic carbocycles. The third-order valence-corrected chi connectivity index (χ3v) is 13.9. The van der Waals surface area contributed by atoms with Crippen molar-refractivity contribution in [3.63, 3.8) is 0 Å². The molecule has 6 heteroatoms. The lowest BCUT2D eigenvalue weighted by Crippen LogP contribution is -2.51. The van der Waals surface area contributed by atoms with Gasteiger partial charge in [-0.05, 0) is 104 Å². The fourth-order valence-corrected chi connectivity index (χ4v) is 11.0. The van der Waals surface area contributed by atoms with Crippen LogP contribution in [0.15, 0.2) is 23.8 Å². The molecule has 0 unspecified atom stereocenters. The summed E-state index contributed by atoms with van der Waals surface area (Å²) in [6.45, 7) is 16.5. The minimum Gasteiger partial charge on any atom is -0.469 e. The molecule has 6 nitrogen and oxygen atoms in total. The molecule has 0 aromatic heterocycles. The van der Waals surface area contributed by atoms with E-state index in [2.05, 4.69) is 52.0 Å². The van der Waals surface area contributed by atoms with E-state index in [1.807, 2.05) is 0 Å². The average Bonchev–Trinajstić information content (AvgIpc) is 3.44. The van der Waals surface area contributed by atoms with E-state index in [0.717, 1.165) is 99.7 Å². The highest BCUT2D eigenvalue weighted by molar-refractivity contribution is 5.93. The summed E-state index contributed by atoms with van der Waals surface area (Å²) >= 11 is 0. The Bertz CT molecular complexity index is 1170. The second-order valence-electron chi connectivity index (χ2n) is 17.7. The van der Waals surface area contributed by atoms with Crippen LogP contribution in [0.4, 0.5) is 0 Å². The van der Waals surface area contributed by atoms with Gasteiger partial charge < -0.3 is 14.2 Å². The lowest BCUT2D eigenvalue weighted by molar-refractivity contribution is -0.151. The van der Waals surface area contributed by atoms with Crippen molar-refractivity contribution in [1.29, 1.82) is 0 Å². The second kappa shape index (κ2) is 19.1. The van der Waals surface area contributed by atoms with Crippen molar-refractivity contribution >= 4 is 17.9 Å². The van der Waals surface area contributed by atoms with Crippen LogP contribution in [0.3, 0.4) is 0 Å². The molecular formula is C44H72O6. The molecule has 0 aromatic rings. The van der Waals surface area contributed by atoms with Gasteiger partial charge in [0.05, 0.1) is 20.1 Å². The Kier molecular flexibility index (Phi) is 15.5. The Labute approximate surface area is 305 Å². The minimum atomic E-state index is -0.526. The highest BCUT2D eigenvalue weighted by Crippen LogP contribution is 2.67. The number of ether oxygens (including phenoxy) is 3. The lowest BCUT2D eigenvalue weighted by Gasteiger charge is -2.58. The molecule has 284 valence electrons. The lowest BCUT2D eigenvalue weighted by atomic mass is 9.47. The molecule has 0 aliphatic heterocycles. The van der Waals surface area contributed by atoms with Gasteiger partial charge in [-0.2, -0.15) is 0 Å². The zero-order chi connectivity index (χ0) is 36.3. The first-order chi connectivity index (χ1) is 23.9. The van der Waals surface area contributed by atoms with Crippen LogP contribution in [0.5, 0.6) is 0 Å². The number of rotatable bonds is 20. The van der Waals surface area contributed by atoms with Gasteiger partial charge in [-0.25, -0.2) is 4.79 Å². The van der Waals surface area contributed by atoms with E-state index < -0.39 is 11.9 Å². The topological polar surface area (TPSA) is 78.9 Å². The van der Waals surface area contributed by atoms with Crippen molar-refractivity contribution in [3.05, 3.63) is 23.8 Å². The fraction of sp³-hybridized carbons (Fsp3) is 0.841. The van der Waals surface area contributed by atoms with Crippen molar-refractivity contribution in [2.45, 2.75) is 176 Å². The fourth-order valence-electron chi connectivity index (χ4n) is 11.0. The van der Waals surface area contributed by atoms with Crippen LogP contribution in [-0.4, -0.2) is 37.7 Å². The molecule has 0 radical (unpaired) electrons. The molecule has 3 fully saturated rings. The zero-order valence-electron chi connectivity index (χ0n) is 32.8. The predicted molar refractivity (Wildman–Crippen MR) is 201 cm³/mol. The highest BCUT2D eigenvalue weighted by atomic mass is 16.5. The molecule has 4 rings (SSSR count). The van der Waals surface area contributed by atoms with E-state index in [9.17, 15) is 14.4 Å². The molecular weight excluding hydrogens is 624 g/mol. The zero-order valence-corrected chi connectivity index (χ0v) is 32.8. The average molecular weight is 697 g/mol. The van der Waals surface area contributed by atoms with E-state index in [4.69, 9.17) is 9.47 Å². The highest BCUT2D eigenvalue weighted by Gasteiger charge is 2.59. The summed E-state index contributed by atoms with van der Waals surface area (Å²) in [5.74, 6) is 4.07. The summed E-state index contributed by atoms with van der Waals surface area (Å²) in [5, 5.41) is 0. The van der Waals surface area contributed by atoms with Gasteiger partial charge in [-0.1, -0.05) is 111 Å². The summed E-state index contributed by atoms with van der Waals surface area (Å²) in [5.41, 5.74) is 2.55. The van der Waals surface area contributed by atoms with E-state index in [0.29, 0.717) is 23.9 Å². The van der Waals surface area contributed by atoms with Crippen LogP contribution in [-0.2, 0) is 28.6 Å². The Morgan fingerprint density at radius 3 is 2.24 bits per heavy atom. The summed E-state index contributed by atoms with van der Waals surface area (Å²) in [4.78, 5) is 35.9. The van der Waals surface area contributed by atoms with E-state index in [1.54, 1.807) is 5.57 Å². The van der Waals surface area contributed by atoms with Crippen molar-refractivity contribution in [3.8, 4) is 0 Å². The van der Waals surface area contributed by atoms with Gasteiger partial charge in [-0.3, -0.25) is 9.59 Å². The summed E-state index contributed by atoms with van der Waals surface area (Å²) < 4.78 is 15.8. The first-order valence-electron chi connectivity index (χ1n) is 20.7. The molecule has 3 saturated carbocycles. The van der Waals surface area contributed by atoms with Gasteiger partial charge >= 0.3 is 17.9 Å². The maximum absolute atomic E-state index is 12.8. The second-order valence-corrected chi connectivity index (χ2v) is 17.7. The maximum atomic E-state index is 12.8. The van der Waals surface area contributed by atoms with Crippen LogP contribution >= 0.6 is 0 Å². The summed E-state index contributed by atoms with van der Waals surface area (Å²) in [6.07, 6.45) is 25.6. The van der Waals surface area contributed by atoms with Crippen molar-refractivity contribution in [1.82, 2.24) is 0 Å². The van der Waals surface area contributed by atoms with Gasteiger partial charge in [-0.15, -0.1) is 0 Å². The van der Waals surface area contributed by atoms with Crippen LogP contribution in [0.1, 0.15) is 169 Å². The molecule has 0 bridgehead atoms. The first-order valence-corrected chi connectivity index (χ1v) is 20.7. The number of unbranched alkanes of at least 4 members (excludes halogenated alkanes) is 7. The van der Waals surface area contributed by atoms with Crippen LogP contribution in [0, 0.1) is 46.3 Å². The monoisotopic (exact) mass is 697 g/mol.